The van der Waals surface area contributed by atoms with Crippen molar-refractivity contribution in [3.05, 3.63) is 35.3 Å². The Balaban J connectivity index is 0.00000560. The van der Waals surface area contributed by atoms with E-state index < -0.39 is 51.5 Å². The van der Waals surface area contributed by atoms with Crippen molar-refractivity contribution < 1.29 is 40.2 Å². The van der Waals surface area contributed by atoms with Crippen molar-refractivity contribution in [1.29, 1.82) is 0 Å². The molecule has 2 aromatic rings. The number of methoxy groups -OCH3 is 1. The van der Waals surface area contributed by atoms with Crippen molar-refractivity contribution in [3.8, 4) is 11.6 Å². The number of nitrogens with one attached hydrogen (secondary N) is 3. The van der Waals surface area contributed by atoms with Crippen molar-refractivity contribution in [1.82, 2.24) is 24.9 Å². The molecule has 1 aliphatic carbocycles. The molecule has 1 aliphatic rings. The van der Waals surface area contributed by atoms with Crippen LogP contribution in [0, 0.1) is 5.82 Å². The summed E-state index contributed by atoms with van der Waals surface area (Å²) in [5, 5.41) is 5.18. The number of carbonyl (C=O) groups is 1. The average Bonchev–Trinajstić information content (AvgIpc) is 3.23. The molecule has 40 heavy (non-hydrogen) atoms. The third-order valence-electron chi connectivity index (χ3n) is 5.77. The molecule has 0 spiro atoms. The third kappa shape index (κ3) is 8.89. The van der Waals surface area contributed by atoms with Gasteiger partial charge in [-0.05, 0) is 39.4 Å². The molecule has 2 atom stereocenters. The lowest BCUT2D eigenvalue weighted by Gasteiger charge is -2.23. The first-order valence-electron chi connectivity index (χ1n) is 11.8. The van der Waals surface area contributed by atoms with Crippen LogP contribution >= 0.6 is 0 Å². The smallest absolute Gasteiger partial charge is 0.423 e. The third-order valence-corrected chi connectivity index (χ3v) is 6.50. The van der Waals surface area contributed by atoms with Gasteiger partial charge >= 0.3 is 6.18 Å². The van der Waals surface area contributed by atoms with Gasteiger partial charge in [0.1, 0.15) is 23.2 Å². The number of likely N-dealkylation sites (N-methyl/N-ethyl adjacent to an activating group) is 1. The second kappa shape index (κ2) is 13.4. The Labute approximate surface area is 230 Å². The second-order valence-corrected chi connectivity index (χ2v) is 11.0. The maximum atomic E-state index is 14.8. The highest BCUT2D eigenvalue weighted by Crippen LogP contribution is 2.38. The monoisotopic (exact) mass is 594 g/mol. The highest BCUT2D eigenvalue weighted by Gasteiger charge is 2.39. The predicted molar refractivity (Wildman–Crippen MR) is 141 cm³/mol. The first-order chi connectivity index (χ1) is 18.2. The number of hydrogen-bond donors (Lipinski definition) is 3. The summed E-state index contributed by atoms with van der Waals surface area (Å²) in [6.45, 7) is 0.809. The highest BCUT2D eigenvalue weighted by atomic mass is 32.2. The summed E-state index contributed by atoms with van der Waals surface area (Å²) < 4.78 is 92.3. The Morgan fingerprint density at radius 3 is 2.52 bits per heavy atom. The van der Waals surface area contributed by atoms with Gasteiger partial charge in [0.05, 0.1) is 30.7 Å². The molecule has 1 heterocycles. The molecule has 16 heteroatoms. The summed E-state index contributed by atoms with van der Waals surface area (Å²) in [5.41, 5.74) is -1.61. The minimum absolute atomic E-state index is 0. The molecule has 3 rings (SSSR count). The summed E-state index contributed by atoms with van der Waals surface area (Å²) in [5.74, 6) is -2.76. The van der Waals surface area contributed by atoms with Gasteiger partial charge in [0.25, 0.3) is 5.91 Å². The Hall–Kier alpha value is -3.24. The van der Waals surface area contributed by atoms with Crippen LogP contribution in [0.15, 0.2) is 18.3 Å². The van der Waals surface area contributed by atoms with Crippen molar-refractivity contribution in [2.45, 2.75) is 45.0 Å². The lowest BCUT2D eigenvalue weighted by molar-refractivity contribution is -0.140. The molecule has 1 amide bonds. The summed E-state index contributed by atoms with van der Waals surface area (Å²) in [6, 6.07) is 1.34. The van der Waals surface area contributed by atoms with E-state index in [9.17, 15) is 30.8 Å². The van der Waals surface area contributed by atoms with Gasteiger partial charge in [0, 0.05) is 25.4 Å². The van der Waals surface area contributed by atoms with Crippen molar-refractivity contribution >= 4 is 27.6 Å². The van der Waals surface area contributed by atoms with E-state index >= 15 is 0 Å². The number of aromatic nitrogens is 2. The molecule has 1 fully saturated rings. The number of ether oxygens (including phenoxy) is 2. The van der Waals surface area contributed by atoms with Crippen LogP contribution in [0.1, 0.15) is 42.6 Å². The highest BCUT2D eigenvalue weighted by molar-refractivity contribution is 7.88. The van der Waals surface area contributed by atoms with E-state index in [-0.39, 0.29) is 36.9 Å². The number of amides is 1. The number of alkyl halides is 3. The number of carbonyl (C=O) groups excluding carboxylic acids is 1. The number of benzene rings is 1. The molecule has 0 saturated heterocycles. The van der Waals surface area contributed by atoms with Crippen LogP contribution < -0.4 is 24.8 Å². The van der Waals surface area contributed by atoms with Gasteiger partial charge in [-0.1, -0.05) is 7.43 Å². The number of rotatable bonds is 11. The number of nitrogens with zero attached hydrogens (tertiary/aromatic N) is 3. The van der Waals surface area contributed by atoms with Crippen LogP contribution in [-0.4, -0.2) is 81.9 Å². The standard InChI is InChI=1S/C23H30F4N6O5S.CH4/c1-33(2)9-8-28-20(34)13-10-19(37-3)17(11-15(13)24)30-22-29-12-14(23(25,26)27)21(31-22)38-18-7-5-6-16(18)32-39(4,35)36;/h10-12,16,18,32H,5-9H2,1-4H3,(H,28,34)(H,29,30,31);1H4/t16-,18-;/m1./s1. The second-order valence-electron chi connectivity index (χ2n) is 9.21. The molecule has 0 aliphatic heterocycles. The molecule has 3 N–H and O–H groups in total. The van der Waals surface area contributed by atoms with Crippen LogP contribution in [-0.2, 0) is 16.2 Å². The lowest BCUT2D eigenvalue weighted by Crippen LogP contribution is -2.42. The largest absolute Gasteiger partial charge is 0.495 e. The fourth-order valence-corrected chi connectivity index (χ4v) is 4.75. The number of sulfonamides is 1. The quantitative estimate of drug-likeness (QED) is 0.336. The molecule has 1 aromatic carbocycles. The van der Waals surface area contributed by atoms with Crippen LogP contribution in [0.25, 0.3) is 0 Å². The van der Waals surface area contributed by atoms with E-state index in [2.05, 4.69) is 25.3 Å². The lowest BCUT2D eigenvalue weighted by atomic mass is 10.1. The van der Waals surface area contributed by atoms with Crippen LogP contribution in [0.5, 0.6) is 11.6 Å². The number of halogens is 4. The molecular weight excluding hydrogens is 560 g/mol. The van der Waals surface area contributed by atoms with E-state index in [4.69, 9.17) is 9.47 Å². The predicted octanol–water partition coefficient (Wildman–Crippen LogP) is 3.16. The first-order valence-corrected chi connectivity index (χ1v) is 13.7. The zero-order chi connectivity index (χ0) is 29.0. The van der Waals surface area contributed by atoms with Gasteiger partial charge < -0.3 is 25.0 Å². The fourth-order valence-electron chi connectivity index (χ4n) is 3.93. The summed E-state index contributed by atoms with van der Waals surface area (Å²) in [4.78, 5) is 21.8. The molecule has 1 aromatic heterocycles. The molecule has 0 unspecified atom stereocenters. The Morgan fingerprint density at radius 2 is 1.93 bits per heavy atom. The maximum absolute atomic E-state index is 14.8. The molecule has 0 radical (unpaired) electrons. The van der Waals surface area contributed by atoms with Crippen molar-refractivity contribution in [3.63, 3.8) is 0 Å². The van der Waals surface area contributed by atoms with Gasteiger partial charge in [-0.25, -0.2) is 22.5 Å². The fraction of sp³-hybridized carbons (Fsp3) is 0.542. The van der Waals surface area contributed by atoms with Crippen LogP contribution in [0.2, 0.25) is 0 Å². The van der Waals surface area contributed by atoms with Crippen LogP contribution in [0.4, 0.5) is 29.2 Å². The maximum Gasteiger partial charge on any atom is 0.423 e. The van der Waals surface area contributed by atoms with Crippen molar-refractivity contribution in [2.24, 2.45) is 0 Å². The molecular formula is C24H34F4N6O5S. The van der Waals surface area contributed by atoms with Gasteiger partial charge in [0.2, 0.25) is 21.9 Å². The zero-order valence-electron chi connectivity index (χ0n) is 21.7. The van der Waals surface area contributed by atoms with Gasteiger partial charge in [0.15, 0.2) is 0 Å². The van der Waals surface area contributed by atoms with E-state index in [1.807, 2.05) is 19.0 Å². The van der Waals surface area contributed by atoms with Crippen LogP contribution in [0.3, 0.4) is 0 Å². The topological polar surface area (TPSA) is 135 Å². The Kier molecular flexibility index (Phi) is 11.1. The van der Waals surface area contributed by atoms with Gasteiger partial charge in [-0.15, -0.1) is 0 Å². The van der Waals surface area contributed by atoms with E-state index in [0.717, 1.165) is 18.4 Å². The number of hydrogen-bond acceptors (Lipinski definition) is 9. The van der Waals surface area contributed by atoms with Gasteiger partial charge in [-0.3, -0.25) is 4.79 Å². The minimum Gasteiger partial charge on any atom is -0.495 e. The van der Waals surface area contributed by atoms with E-state index in [1.165, 1.54) is 7.11 Å². The first kappa shape index (κ1) is 33.0. The molecule has 11 nitrogen and oxygen atoms in total. The van der Waals surface area contributed by atoms with E-state index in [0.29, 0.717) is 32.0 Å². The SMILES string of the molecule is C.COc1cc(C(=O)NCCN(C)C)c(F)cc1Nc1ncc(C(F)(F)F)c(O[C@@H]2CCC[C@H]2NS(C)(=O)=O)n1. The summed E-state index contributed by atoms with van der Waals surface area (Å²) in [6.07, 6.45) is -3.11. The molecule has 224 valence electrons. The summed E-state index contributed by atoms with van der Waals surface area (Å²) in [7, 11) is 1.27. The van der Waals surface area contributed by atoms with Gasteiger partial charge in [-0.2, -0.15) is 18.2 Å². The average molecular weight is 595 g/mol. The van der Waals surface area contributed by atoms with E-state index in [1.54, 1.807) is 0 Å². The normalized spacial score (nSPS) is 17.3. The Bertz CT molecular complexity index is 1290. The summed E-state index contributed by atoms with van der Waals surface area (Å²) >= 11 is 0. The molecule has 1 saturated carbocycles. The zero-order valence-corrected chi connectivity index (χ0v) is 22.5. The number of anilines is 2. The Morgan fingerprint density at radius 1 is 1.23 bits per heavy atom. The van der Waals surface area contributed by atoms with Crippen molar-refractivity contribution in [2.75, 3.05) is 45.9 Å². The molecule has 0 bridgehead atoms. The minimum atomic E-state index is -4.86.